The van der Waals surface area contributed by atoms with E-state index in [4.69, 9.17) is 14.6 Å². The van der Waals surface area contributed by atoms with Gasteiger partial charge in [-0.05, 0) is 90.4 Å². The summed E-state index contributed by atoms with van der Waals surface area (Å²) in [6.07, 6.45) is 9.57. The third-order valence-corrected chi connectivity index (χ3v) is 8.73. The molecule has 4 aromatic carbocycles. The third kappa shape index (κ3) is 7.50. The Balaban J connectivity index is 1.14. The van der Waals surface area contributed by atoms with Crippen LogP contribution in [0.1, 0.15) is 42.3 Å². The van der Waals surface area contributed by atoms with Gasteiger partial charge in [-0.2, -0.15) is 14.6 Å². The van der Waals surface area contributed by atoms with Crippen molar-refractivity contribution in [3.8, 4) is 28.4 Å². The smallest absolute Gasteiger partial charge is 0.291 e. The van der Waals surface area contributed by atoms with Crippen molar-refractivity contribution in [3.05, 3.63) is 153 Å². The molecule has 0 radical (unpaired) electrons. The maximum Gasteiger partial charge on any atom is 0.291 e. The van der Waals surface area contributed by atoms with Gasteiger partial charge in [-0.1, -0.05) is 73.2 Å². The van der Waals surface area contributed by atoms with Crippen LogP contribution in [-0.2, 0) is 6.61 Å². The summed E-state index contributed by atoms with van der Waals surface area (Å²) >= 11 is 1.28. The Kier molecular flexibility index (Phi) is 9.38. The molecular formula is C39H32FN5O3S. The lowest BCUT2D eigenvalue weighted by Crippen LogP contribution is -2.23. The van der Waals surface area contributed by atoms with Gasteiger partial charge in [0.25, 0.3) is 5.56 Å². The summed E-state index contributed by atoms with van der Waals surface area (Å²) in [4.78, 5) is 18.6. The SMILES string of the molecule is CCCCOc1ccc(/C=C/c2nc3s/c(=C\c4cn(-c5ccccc5)nc4-c4ccc(OCc5ccc(F)cc5)cc4)c(=O)n3n2)cc1. The van der Waals surface area contributed by atoms with Gasteiger partial charge in [0.1, 0.15) is 29.6 Å². The molecule has 244 valence electrons. The molecule has 0 saturated carbocycles. The van der Waals surface area contributed by atoms with Crippen molar-refractivity contribution in [1.82, 2.24) is 24.4 Å². The second kappa shape index (κ2) is 14.5. The van der Waals surface area contributed by atoms with Gasteiger partial charge >= 0.3 is 0 Å². The topological polar surface area (TPSA) is 83.5 Å². The number of ether oxygens (including phenoxy) is 2. The number of benzene rings is 4. The average molecular weight is 670 g/mol. The van der Waals surface area contributed by atoms with Crippen molar-refractivity contribution in [2.24, 2.45) is 0 Å². The van der Waals surface area contributed by atoms with E-state index in [1.807, 2.05) is 97.2 Å². The summed E-state index contributed by atoms with van der Waals surface area (Å²) in [7, 11) is 0. The minimum atomic E-state index is -0.281. The van der Waals surface area contributed by atoms with Crippen LogP contribution in [0, 0.1) is 5.82 Å². The van der Waals surface area contributed by atoms with Crippen molar-refractivity contribution in [2.45, 2.75) is 26.4 Å². The first-order chi connectivity index (χ1) is 24.0. The number of aromatic nitrogens is 5. The number of fused-ring (bicyclic) bond motifs is 1. The lowest BCUT2D eigenvalue weighted by atomic mass is 10.1. The van der Waals surface area contributed by atoms with Crippen LogP contribution in [0.15, 0.2) is 114 Å². The molecule has 0 aliphatic carbocycles. The fourth-order valence-corrected chi connectivity index (χ4v) is 6.03. The van der Waals surface area contributed by atoms with E-state index in [9.17, 15) is 9.18 Å². The van der Waals surface area contributed by atoms with Crippen molar-refractivity contribution in [3.63, 3.8) is 0 Å². The molecule has 0 spiro atoms. The molecule has 3 aromatic heterocycles. The number of unbranched alkanes of at least 4 members (excludes halogenated alkanes) is 1. The van der Waals surface area contributed by atoms with Crippen LogP contribution in [0.4, 0.5) is 4.39 Å². The molecule has 0 unspecified atom stereocenters. The van der Waals surface area contributed by atoms with Crippen LogP contribution < -0.4 is 19.6 Å². The zero-order valence-corrected chi connectivity index (χ0v) is 27.5. The minimum absolute atomic E-state index is 0.247. The minimum Gasteiger partial charge on any atom is -0.494 e. The Morgan fingerprint density at radius 1 is 0.837 bits per heavy atom. The fourth-order valence-electron chi connectivity index (χ4n) is 5.13. The molecular weight excluding hydrogens is 638 g/mol. The van der Waals surface area contributed by atoms with Gasteiger partial charge in [0.05, 0.1) is 16.8 Å². The number of nitrogens with zero attached hydrogens (tertiary/aromatic N) is 5. The quantitative estimate of drug-likeness (QED) is 0.125. The van der Waals surface area contributed by atoms with Crippen LogP contribution in [0.25, 0.3) is 40.1 Å². The van der Waals surface area contributed by atoms with Gasteiger partial charge in [-0.15, -0.1) is 5.10 Å². The second-order valence-corrected chi connectivity index (χ2v) is 12.3. The number of thiazole rings is 1. The molecule has 7 aromatic rings. The Morgan fingerprint density at radius 3 is 2.31 bits per heavy atom. The molecule has 7 rings (SSSR count). The van der Waals surface area contributed by atoms with E-state index in [0.717, 1.165) is 46.5 Å². The van der Waals surface area contributed by atoms with Crippen LogP contribution >= 0.6 is 11.3 Å². The van der Waals surface area contributed by atoms with Crippen LogP contribution in [0.5, 0.6) is 11.5 Å². The summed E-state index contributed by atoms with van der Waals surface area (Å²) in [5.74, 6) is 1.69. The highest BCUT2D eigenvalue weighted by Crippen LogP contribution is 2.27. The van der Waals surface area contributed by atoms with Gasteiger partial charge in [0.2, 0.25) is 4.96 Å². The Labute approximate surface area is 286 Å². The summed E-state index contributed by atoms with van der Waals surface area (Å²) in [5.41, 5.74) is 4.83. The Morgan fingerprint density at radius 2 is 1.57 bits per heavy atom. The zero-order valence-electron chi connectivity index (χ0n) is 26.7. The molecule has 0 N–H and O–H groups in total. The van der Waals surface area contributed by atoms with Gasteiger partial charge in [-0.25, -0.2) is 9.07 Å². The third-order valence-electron chi connectivity index (χ3n) is 7.77. The van der Waals surface area contributed by atoms with E-state index < -0.39 is 0 Å². The highest BCUT2D eigenvalue weighted by molar-refractivity contribution is 7.15. The van der Waals surface area contributed by atoms with E-state index in [2.05, 4.69) is 17.0 Å². The number of rotatable bonds is 12. The van der Waals surface area contributed by atoms with Gasteiger partial charge in [0.15, 0.2) is 5.82 Å². The molecule has 49 heavy (non-hydrogen) atoms. The summed E-state index contributed by atoms with van der Waals surface area (Å²) < 4.78 is 28.5. The maximum atomic E-state index is 13.5. The van der Waals surface area contributed by atoms with Crippen LogP contribution in [0.3, 0.4) is 0 Å². The van der Waals surface area contributed by atoms with Gasteiger partial charge < -0.3 is 9.47 Å². The first-order valence-electron chi connectivity index (χ1n) is 16.0. The van der Waals surface area contributed by atoms with E-state index >= 15 is 0 Å². The van der Waals surface area contributed by atoms with Crippen molar-refractivity contribution in [2.75, 3.05) is 6.61 Å². The number of hydrogen-bond acceptors (Lipinski definition) is 7. The molecule has 3 heterocycles. The van der Waals surface area contributed by atoms with Gasteiger partial charge in [0, 0.05) is 17.3 Å². The first kappa shape index (κ1) is 31.7. The first-order valence-corrected chi connectivity index (χ1v) is 16.8. The van der Waals surface area contributed by atoms with Gasteiger partial charge in [-0.3, -0.25) is 4.79 Å². The van der Waals surface area contributed by atoms with E-state index in [-0.39, 0.29) is 11.4 Å². The molecule has 0 aliphatic heterocycles. The molecule has 0 atom stereocenters. The van der Waals surface area contributed by atoms with E-state index in [1.54, 1.807) is 22.9 Å². The second-order valence-electron chi connectivity index (χ2n) is 11.3. The summed E-state index contributed by atoms with van der Waals surface area (Å²) in [6, 6.07) is 31.5. The standard InChI is InChI=1S/C39H32FN5O3S/c1-2-3-23-47-33-18-11-27(12-19-33)13-22-36-41-39-45(42-36)38(46)35(49-39)24-30-25-44(32-7-5-4-6-8-32)43-37(30)29-14-20-34(21-15-29)48-26-28-9-16-31(40)17-10-28/h4-22,24-25H,2-3,23,26H2,1H3/b22-13+,35-24-. The summed E-state index contributed by atoms with van der Waals surface area (Å²) in [5, 5.41) is 9.36. The zero-order chi connectivity index (χ0) is 33.6. The maximum absolute atomic E-state index is 13.5. The molecule has 0 saturated heterocycles. The largest absolute Gasteiger partial charge is 0.494 e. The molecule has 0 fully saturated rings. The van der Waals surface area contributed by atoms with Crippen molar-refractivity contribution >= 4 is 34.5 Å². The lowest BCUT2D eigenvalue weighted by molar-refractivity contribution is 0.306. The van der Waals surface area contributed by atoms with Crippen molar-refractivity contribution < 1.29 is 13.9 Å². The summed E-state index contributed by atoms with van der Waals surface area (Å²) in [6.45, 7) is 3.16. The number of halogens is 1. The fraction of sp³-hybridized carbons (Fsp3) is 0.128. The molecule has 0 aliphatic rings. The molecule has 10 heteroatoms. The van der Waals surface area contributed by atoms with Crippen molar-refractivity contribution in [1.29, 1.82) is 0 Å². The predicted molar refractivity (Wildman–Crippen MR) is 191 cm³/mol. The lowest BCUT2D eigenvalue weighted by Gasteiger charge is -2.07. The van der Waals surface area contributed by atoms with Crippen LogP contribution in [-0.4, -0.2) is 31.0 Å². The Bertz CT molecular complexity index is 2310. The van der Waals surface area contributed by atoms with E-state index in [0.29, 0.717) is 40.0 Å². The molecule has 8 nitrogen and oxygen atoms in total. The molecule has 0 bridgehead atoms. The average Bonchev–Trinajstić information content (AvgIpc) is 3.82. The highest BCUT2D eigenvalue weighted by atomic mass is 32.1. The number of para-hydroxylation sites is 1. The van der Waals surface area contributed by atoms with Crippen LogP contribution in [0.2, 0.25) is 0 Å². The monoisotopic (exact) mass is 669 g/mol. The number of hydrogen-bond donors (Lipinski definition) is 0. The predicted octanol–water partition coefficient (Wildman–Crippen LogP) is 7.62. The molecule has 0 amide bonds. The highest BCUT2D eigenvalue weighted by Gasteiger charge is 2.14. The van der Waals surface area contributed by atoms with E-state index in [1.165, 1.54) is 28.0 Å². The normalized spacial score (nSPS) is 11.9. The Hall–Kier alpha value is -5.87.